The Bertz CT molecular complexity index is 1100. The van der Waals surface area contributed by atoms with Gasteiger partial charge in [0.05, 0.1) is 12.2 Å². The zero-order chi connectivity index (χ0) is 20.4. The van der Waals surface area contributed by atoms with Gasteiger partial charge < -0.3 is 15.7 Å². The van der Waals surface area contributed by atoms with E-state index < -0.39 is 23.7 Å². The summed E-state index contributed by atoms with van der Waals surface area (Å²) in [6.45, 7) is 0. The number of aliphatic hydroxyl groups excluding tert-OH is 1. The number of carbonyl (C=O) groups is 2. The van der Waals surface area contributed by atoms with Crippen molar-refractivity contribution in [3.05, 3.63) is 76.9 Å². The smallest absolute Gasteiger partial charge is 0.265 e. The molecule has 0 saturated heterocycles. The van der Waals surface area contributed by atoms with Crippen LogP contribution in [0.2, 0.25) is 0 Å². The molecule has 1 atom stereocenters. The molecule has 146 valence electrons. The van der Waals surface area contributed by atoms with Crippen molar-refractivity contribution in [3.63, 3.8) is 0 Å². The molecule has 3 heterocycles. The van der Waals surface area contributed by atoms with Crippen molar-refractivity contribution >= 4 is 29.0 Å². The standard InChI is InChI=1S/C20H15FN4O3S/c21-12-6-7-16(22-9-12)25-19(28)17-14(26)8-13(24-18(17)27)15-10-23-20(29-15)11-4-2-1-3-5-11/h1-7,9-10,13,26H,8H2,(H,24,27)(H,22,25,28). The molecule has 1 unspecified atom stereocenters. The van der Waals surface area contributed by atoms with Crippen molar-refractivity contribution in [1.29, 1.82) is 0 Å². The van der Waals surface area contributed by atoms with E-state index in [0.29, 0.717) is 0 Å². The molecule has 1 aliphatic rings. The fourth-order valence-electron chi connectivity index (χ4n) is 2.90. The number of hydrogen-bond acceptors (Lipinski definition) is 6. The molecule has 29 heavy (non-hydrogen) atoms. The minimum absolute atomic E-state index is 0.0573. The highest BCUT2D eigenvalue weighted by atomic mass is 32.1. The second-order valence-corrected chi connectivity index (χ2v) is 7.36. The first-order valence-electron chi connectivity index (χ1n) is 8.68. The van der Waals surface area contributed by atoms with Crippen LogP contribution in [0.5, 0.6) is 0 Å². The van der Waals surface area contributed by atoms with Crippen LogP contribution in [0, 0.1) is 5.82 Å². The van der Waals surface area contributed by atoms with E-state index in [4.69, 9.17) is 0 Å². The molecule has 3 N–H and O–H groups in total. The first-order valence-corrected chi connectivity index (χ1v) is 9.50. The first-order chi connectivity index (χ1) is 14.0. The molecule has 4 rings (SSSR count). The molecular formula is C20H15FN4O3S. The van der Waals surface area contributed by atoms with Gasteiger partial charge in [0.25, 0.3) is 11.8 Å². The summed E-state index contributed by atoms with van der Waals surface area (Å²) in [7, 11) is 0. The van der Waals surface area contributed by atoms with E-state index in [1.165, 1.54) is 17.4 Å². The zero-order valence-electron chi connectivity index (χ0n) is 14.9. The number of thiazole rings is 1. The zero-order valence-corrected chi connectivity index (χ0v) is 15.7. The van der Waals surface area contributed by atoms with E-state index in [0.717, 1.165) is 27.7 Å². The molecule has 3 aromatic rings. The number of halogens is 1. The van der Waals surface area contributed by atoms with E-state index in [1.54, 1.807) is 6.20 Å². The molecule has 0 radical (unpaired) electrons. The Morgan fingerprint density at radius 3 is 2.66 bits per heavy atom. The van der Waals surface area contributed by atoms with Gasteiger partial charge >= 0.3 is 0 Å². The topological polar surface area (TPSA) is 104 Å². The predicted molar refractivity (Wildman–Crippen MR) is 106 cm³/mol. The number of benzene rings is 1. The molecule has 0 bridgehead atoms. The summed E-state index contributed by atoms with van der Waals surface area (Å²) >= 11 is 1.40. The second kappa shape index (κ2) is 7.80. The first kappa shape index (κ1) is 18.8. The summed E-state index contributed by atoms with van der Waals surface area (Å²) in [5.74, 6) is -2.32. The molecule has 0 fully saturated rings. The molecule has 0 saturated carbocycles. The van der Waals surface area contributed by atoms with Crippen LogP contribution >= 0.6 is 11.3 Å². The van der Waals surface area contributed by atoms with E-state index in [2.05, 4.69) is 20.6 Å². The Balaban J connectivity index is 1.51. The number of hydrogen-bond donors (Lipinski definition) is 3. The molecular weight excluding hydrogens is 395 g/mol. The number of nitrogens with zero attached hydrogens (tertiary/aromatic N) is 2. The highest BCUT2D eigenvalue weighted by molar-refractivity contribution is 7.15. The maximum Gasteiger partial charge on any atom is 0.265 e. The molecule has 2 amide bonds. The third-order valence-corrected chi connectivity index (χ3v) is 5.46. The summed E-state index contributed by atoms with van der Waals surface area (Å²) in [5, 5.41) is 16.2. The lowest BCUT2D eigenvalue weighted by Crippen LogP contribution is -2.39. The van der Waals surface area contributed by atoms with Gasteiger partial charge in [0.1, 0.15) is 28.0 Å². The Labute approximate surface area is 169 Å². The fraction of sp³-hybridized carbons (Fsp3) is 0.100. The Hall–Kier alpha value is -3.59. The van der Waals surface area contributed by atoms with Gasteiger partial charge in [-0.1, -0.05) is 30.3 Å². The largest absolute Gasteiger partial charge is 0.511 e. The normalized spacial score (nSPS) is 16.4. The van der Waals surface area contributed by atoms with Gasteiger partial charge in [-0.3, -0.25) is 9.59 Å². The van der Waals surface area contributed by atoms with Gasteiger partial charge in [0.2, 0.25) is 0 Å². The van der Waals surface area contributed by atoms with Crippen molar-refractivity contribution in [2.24, 2.45) is 0 Å². The monoisotopic (exact) mass is 410 g/mol. The van der Waals surface area contributed by atoms with Crippen LogP contribution in [0.1, 0.15) is 17.3 Å². The number of aromatic nitrogens is 2. The van der Waals surface area contributed by atoms with Crippen molar-refractivity contribution < 1.29 is 19.1 Å². The summed E-state index contributed by atoms with van der Waals surface area (Å²) in [5.41, 5.74) is 0.567. The van der Waals surface area contributed by atoms with Crippen LogP contribution in [0.25, 0.3) is 10.6 Å². The van der Waals surface area contributed by atoms with Crippen LogP contribution < -0.4 is 10.6 Å². The van der Waals surface area contributed by atoms with Crippen LogP contribution in [-0.4, -0.2) is 26.9 Å². The number of nitrogens with one attached hydrogen (secondary N) is 2. The minimum atomic E-state index is -0.813. The molecule has 7 nitrogen and oxygen atoms in total. The van der Waals surface area contributed by atoms with Gasteiger partial charge in [-0.15, -0.1) is 11.3 Å². The highest BCUT2D eigenvalue weighted by Gasteiger charge is 2.33. The maximum absolute atomic E-state index is 12.9. The Morgan fingerprint density at radius 2 is 1.97 bits per heavy atom. The molecule has 9 heteroatoms. The SMILES string of the molecule is O=C(Nc1ccc(F)cn1)C1=C(O)CC(c2cnc(-c3ccccc3)s2)NC1=O. The number of anilines is 1. The van der Waals surface area contributed by atoms with E-state index >= 15 is 0 Å². The predicted octanol–water partition coefficient (Wildman–Crippen LogP) is 3.36. The van der Waals surface area contributed by atoms with Crippen LogP contribution in [0.3, 0.4) is 0 Å². The summed E-state index contributed by atoms with van der Waals surface area (Å²) in [6.07, 6.45) is 2.65. The molecule has 0 spiro atoms. The number of amides is 2. The number of aliphatic hydroxyl groups is 1. The summed E-state index contributed by atoms with van der Waals surface area (Å²) in [6, 6.07) is 11.5. The molecule has 1 aliphatic heterocycles. The minimum Gasteiger partial charge on any atom is -0.511 e. The van der Waals surface area contributed by atoms with E-state index in [-0.39, 0.29) is 23.6 Å². The molecule has 1 aromatic carbocycles. The van der Waals surface area contributed by atoms with Gasteiger partial charge in [-0.05, 0) is 12.1 Å². The van der Waals surface area contributed by atoms with Crippen molar-refractivity contribution in [3.8, 4) is 10.6 Å². The van der Waals surface area contributed by atoms with Gasteiger partial charge in [0, 0.05) is 23.1 Å². The fourth-order valence-corrected chi connectivity index (χ4v) is 3.88. The second-order valence-electron chi connectivity index (χ2n) is 6.30. The third kappa shape index (κ3) is 3.99. The van der Waals surface area contributed by atoms with E-state index in [9.17, 15) is 19.1 Å². The molecule has 0 aliphatic carbocycles. The molecule has 2 aromatic heterocycles. The van der Waals surface area contributed by atoms with Crippen LogP contribution in [-0.2, 0) is 9.59 Å². The Morgan fingerprint density at radius 1 is 1.17 bits per heavy atom. The highest BCUT2D eigenvalue weighted by Crippen LogP contribution is 2.33. The van der Waals surface area contributed by atoms with Crippen molar-refractivity contribution in [1.82, 2.24) is 15.3 Å². The van der Waals surface area contributed by atoms with Crippen LogP contribution in [0.4, 0.5) is 10.2 Å². The number of pyridine rings is 1. The quantitative estimate of drug-likeness (QED) is 0.572. The summed E-state index contributed by atoms with van der Waals surface area (Å²) in [4.78, 5) is 33.7. The number of rotatable bonds is 4. The van der Waals surface area contributed by atoms with Crippen molar-refractivity contribution in [2.75, 3.05) is 5.32 Å². The lowest BCUT2D eigenvalue weighted by atomic mass is 10.0. The lowest BCUT2D eigenvalue weighted by molar-refractivity contribution is -0.123. The van der Waals surface area contributed by atoms with E-state index in [1.807, 2.05) is 30.3 Å². The summed E-state index contributed by atoms with van der Waals surface area (Å²) < 4.78 is 12.9. The number of carbonyl (C=O) groups excluding carboxylic acids is 2. The van der Waals surface area contributed by atoms with Gasteiger partial charge in [0.15, 0.2) is 0 Å². The van der Waals surface area contributed by atoms with Crippen molar-refractivity contribution in [2.45, 2.75) is 12.5 Å². The van der Waals surface area contributed by atoms with Gasteiger partial charge in [-0.25, -0.2) is 14.4 Å². The van der Waals surface area contributed by atoms with Crippen LogP contribution in [0.15, 0.2) is 66.2 Å². The Kier molecular flexibility index (Phi) is 5.05. The van der Waals surface area contributed by atoms with Gasteiger partial charge in [-0.2, -0.15) is 0 Å². The average molecular weight is 410 g/mol. The lowest BCUT2D eigenvalue weighted by Gasteiger charge is -2.23. The maximum atomic E-state index is 12.9. The average Bonchev–Trinajstić information content (AvgIpc) is 3.20. The third-order valence-electron chi connectivity index (χ3n) is 4.30.